The molecule has 1 amide bonds. The van der Waals surface area contributed by atoms with E-state index in [1.807, 2.05) is 32.0 Å². The van der Waals surface area contributed by atoms with Crippen LogP contribution in [-0.2, 0) is 19.6 Å². The van der Waals surface area contributed by atoms with Gasteiger partial charge in [0.1, 0.15) is 0 Å². The molecule has 2 rings (SSSR count). The summed E-state index contributed by atoms with van der Waals surface area (Å²) in [5.74, 6) is -1.01. The van der Waals surface area contributed by atoms with E-state index in [1.165, 1.54) is 30.3 Å². The Morgan fingerprint density at radius 2 is 1.63 bits per heavy atom. The summed E-state index contributed by atoms with van der Waals surface area (Å²) in [4.78, 5) is 23.9. The van der Waals surface area contributed by atoms with Crippen LogP contribution in [0.25, 0.3) is 6.08 Å². The van der Waals surface area contributed by atoms with Crippen LogP contribution in [0.15, 0.2) is 60.0 Å². The van der Waals surface area contributed by atoms with Gasteiger partial charge in [-0.2, -0.15) is 0 Å². The fraction of sp³-hybridized carbons (Fsp3) is 0.273. The minimum absolute atomic E-state index is 0.0550. The van der Waals surface area contributed by atoms with Crippen molar-refractivity contribution in [3.8, 4) is 0 Å². The van der Waals surface area contributed by atoms with E-state index >= 15 is 0 Å². The second-order valence-electron chi connectivity index (χ2n) is 6.59. The first-order chi connectivity index (χ1) is 14.3. The highest BCUT2D eigenvalue weighted by Crippen LogP contribution is 2.14. The normalized spacial score (nSPS) is 11.4. The average molecular weight is 431 g/mol. The van der Waals surface area contributed by atoms with Crippen LogP contribution in [0.3, 0.4) is 0 Å². The third kappa shape index (κ3) is 7.71. The molecule has 0 saturated carbocycles. The summed E-state index contributed by atoms with van der Waals surface area (Å²) in [6, 6.07) is 14.9. The second-order valence-corrected chi connectivity index (χ2v) is 8.16. The number of esters is 1. The molecule has 0 aliphatic heterocycles. The Morgan fingerprint density at radius 1 is 1.00 bits per heavy atom. The Morgan fingerprint density at radius 3 is 2.23 bits per heavy atom. The summed E-state index contributed by atoms with van der Waals surface area (Å²) in [7, 11) is -3.70. The number of carbonyl (C=O) groups excluding carboxylic acids is 2. The Kier molecular flexibility index (Phi) is 8.61. The molecular formula is C22H26N2O5S. The molecule has 0 radical (unpaired) electrons. The fourth-order valence-corrected chi connectivity index (χ4v) is 3.45. The number of sulfonamides is 1. The highest BCUT2D eigenvalue weighted by atomic mass is 32.2. The minimum Gasteiger partial charge on any atom is -0.452 e. The fourth-order valence-electron chi connectivity index (χ4n) is 2.58. The third-order valence-corrected chi connectivity index (χ3v) is 5.32. The SMILES string of the molecule is CCC(CC)NC(=O)COC(=O)c1ccc(NS(=O)(=O)/C=C/c2ccccc2)cc1. The lowest BCUT2D eigenvalue weighted by Gasteiger charge is -2.14. The number of amides is 1. The number of anilines is 1. The quantitative estimate of drug-likeness (QED) is 0.561. The number of ether oxygens (including phenoxy) is 1. The zero-order valence-electron chi connectivity index (χ0n) is 17.0. The van der Waals surface area contributed by atoms with Gasteiger partial charge in [0.2, 0.25) is 0 Å². The summed E-state index contributed by atoms with van der Waals surface area (Å²) >= 11 is 0. The van der Waals surface area contributed by atoms with Gasteiger partial charge in [-0.15, -0.1) is 0 Å². The molecule has 0 unspecified atom stereocenters. The number of hydrogen-bond donors (Lipinski definition) is 2. The predicted molar refractivity (Wildman–Crippen MR) is 117 cm³/mol. The van der Waals surface area contributed by atoms with Crippen molar-refractivity contribution in [2.24, 2.45) is 0 Å². The number of hydrogen-bond acceptors (Lipinski definition) is 5. The van der Waals surface area contributed by atoms with Crippen LogP contribution in [0.2, 0.25) is 0 Å². The summed E-state index contributed by atoms with van der Waals surface area (Å²) in [6.45, 7) is 3.56. The largest absolute Gasteiger partial charge is 0.452 e. The topological polar surface area (TPSA) is 102 Å². The van der Waals surface area contributed by atoms with Gasteiger partial charge in [0.25, 0.3) is 15.9 Å². The molecule has 2 aromatic carbocycles. The molecule has 0 fully saturated rings. The lowest BCUT2D eigenvalue weighted by atomic mass is 10.2. The van der Waals surface area contributed by atoms with Crippen molar-refractivity contribution >= 4 is 33.7 Å². The van der Waals surface area contributed by atoms with Gasteiger partial charge in [0.05, 0.1) is 11.0 Å². The molecule has 7 nitrogen and oxygen atoms in total. The van der Waals surface area contributed by atoms with Gasteiger partial charge in [-0.25, -0.2) is 13.2 Å². The van der Waals surface area contributed by atoms with Gasteiger partial charge in [-0.1, -0.05) is 44.2 Å². The number of benzene rings is 2. The smallest absolute Gasteiger partial charge is 0.338 e. The zero-order chi connectivity index (χ0) is 22.0. The molecule has 160 valence electrons. The summed E-state index contributed by atoms with van der Waals surface area (Å²) < 4.78 is 31.8. The first-order valence-electron chi connectivity index (χ1n) is 9.65. The van der Waals surface area contributed by atoms with Crippen LogP contribution < -0.4 is 10.0 Å². The van der Waals surface area contributed by atoms with Crippen LogP contribution in [0.4, 0.5) is 5.69 Å². The van der Waals surface area contributed by atoms with Gasteiger partial charge in [-0.05, 0) is 48.7 Å². The number of rotatable bonds is 10. The number of carbonyl (C=O) groups is 2. The molecule has 0 heterocycles. The molecule has 2 N–H and O–H groups in total. The van der Waals surface area contributed by atoms with Crippen molar-refractivity contribution in [3.63, 3.8) is 0 Å². The van der Waals surface area contributed by atoms with E-state index in [-0.39, 0.29) is 24.1 Å². The highest BCUT2D eigenvalue weighted by molar-refractivity contribution is 7.95. The second kappa shape index (κ2) is 11.2. The van der Waals surface area contributed by atoms with Crippen LogP contribution in [0.5, 0.6) is 0 Å². The van der Waals surface area contributed by atoms with Crippen LogP contribution >= 0.6 is 0 Å². The summed E-state index contributed by atoms with van der Waals surface area (Å²) in [5.41, 5.74) is 1.28. The Balaban J connectivity index is 1.90. The zero-order valence-corrected chi connectivity index (χ0v) is 17.8. The van der Waals surface area contributed by atoms with Crippen molar-refractivity contribution in [2.45, 2.75) is 32.7 Å². The van der Waals surface area contributed by atoms with E-state index in [4.69, 9.17) is 4.74 Å². The molecule has 30 heavy (non-hydrogen) atoms. The lowest BCUT2D eigenvalue weighted by Crippen LogP contribution is -2.36. The molecule has 0 atom stereocenters. The first kappa shape index (κ1) is 23.2. The van der Waals surface area contributed by atoms with Crippen molar-refractivity contribution in [3.05, 3.63) is 71.1 Å². The van der Waals surface area contributed by atoms with E-state index in [9.17, 15) is 18.0 Å². The molecule has 2 aromatic rings. The summed E-state index contributed by atoms with van der Waals surface area (Å²) in [6.07, 6.45) is 3.09. The minimum atomic E-state index is -3.70. The Hall–Kier alpha value is -3.13. The molecule has 0 bridgehead atoms. The molecular weight excluding hydrogens is 404 g/mol. The van der Waals surface area contributed by atoms with Gasteiger partial charge in [0, 0.05) is 11.7 Å². The molecule has 0 saturated heterocycles. The van der Waals surface area contributed by atoms with Crippen molar-refractivity contribution < 1.29 is 22.7 Å². The Labute approximate surface area is 177 Å². The summed E-state index contributed by atoms with van der Waals surface area (Å²) in [5, 5.41) is 3.85. The third-order valence-electron chi connectivity index (χ3n) is 4.30. The van der Waals surface area contributed by atoms with Gasteiger partial charge < -0.3 is 10.1 Å². The van der Waals surface area contributed by atoms with Crippen LogP contribution in [0.1, 0.15) is 42.6 Å². The monoisotopic (exact) mass is 430 g/mol. The van der Waals surface area contributed by atoms with E-state index in [0.717, 1.165) is 23.8 Å². The average Bonchev–Trinajstić information content (AvgIpc) is 2.75. The van der Waals surface area contributed by atoms with E-state index in [1.54, 1.807) is 12.1 Å². The molecule has 0 aromatic heterocycles. The first-order valence-corrected chi connectivity index (χ1v) is 11.2. The van der Waals surface area contributed by atoms with Crippen molar-refractivity contribution in [2.75, 3.05) is 11.3 Å². The highest BCUT2D eigenvalue weighted by Gasteiger charge is 2.13. The Bertz CT molecular complexity index is 966. The van der Waals surface area contributed by atoms with Crippen molar-refractivity contribution in [1.82, 2.24) is 5.32 Å². The van der Waals surface area contributed by atoms with Gasteiger partial charge in [0.15, 0.2) is 6.61 Å². The number of nitrogens with one attached hydrogen (secondary N) is 2. The van der Waals surface area contributed by atoms with Crippen LogP contribution in [0, 0.1) is 0 Å². The molecule has 8 heteroatoms. The van der Waals surface area contributed by atoms with Gasteiger partial charge in [-0.3, -0.25) is 9.52 Å². The maximum atomic E-state index is 12.2. The van der Waals surface area contributed by atoms with Gasteiger partial charge >= 0.3 is 5.97 Å². The molecule has 0 spiro atoms. The maximum Gasteiger partial charge on any atom is 0.338 e. The maximum absolute atomic E-state index is 12.2. The predicted octanol–water partition coefficient (Wildman–Crippen LogP) is 3.56. The van der Waals surface area contributed by atoms with E-state index in [0.29, 0.717) is 5.69 Å². The van der Waals surface area contributed by atoms with Crippen LogP contribution in [-0.4, -0.2) is 32.9 Å². The molecule has 0 aliphatic carbocycles. The van der Waals surface area contributed by atoms with E-state index < -0.39 is 16.0 Å². The standard InChI is InChI=1S/C22H26N2O5S/c1-3-19(4-2)23-21(25)16-29-22(26)18-10-12-20(13-11-18)24-30(27,28)15-14-17-8-6-5-7-9-17/h5-15,19,24H,3-4,16H2,1-2H3,(H,23,25)/b15-14+. The molecule has 0 aliphatic rings. The van der Waals surface area contributed by atoms with E-state index in [2.05, 4.69) is 10.0 Å². The van der Waals surface area contributed by atoms with Crippen molar-refractivity contribution in [1.29, 1.82) is 0 Å². The lowest BCUT2D eigenvalue weighted by molar-refractivity contribution is -0.125.